The second-order valence-corrected chi connectivity index (χ2v) is 8.89. The highest BCUT2D eigenvalue weighted by atomic mass is 16.2. The molecule has 4 rings (SSSR count). The summed E-state index contributed by atoms with van der Waals surface area (Å²) in [7, 11) is 0. The van der Waals surface area contributed by atoms with Gasteiger partial charge in [0.2, 0.25) is 5.91 Å². The van der Waals surface area contributed by atoms with Gasteiger partial charge in [0.25, 0.3) is 0 Å². The van der Waals surface area contributed by atoms with Gasteiger partial charge in [-0.15, -0.1) is 0 Å². The van der Waals surface area contributed by atoms with Crippen molar-refractivity contribution in [3.05, 3.63) is 17.6 Å². The highest BCUT2D eigenvalue weighted by Crippen LogP contribution is 2.49. The second-order valence-electron chi connectivity index (χ2n) is 8.89. The van der Waals surface area contributed by atoms with Gasteiger partial charge in [-0.3, -0.25) is 4.79 Å². The summed E-state index contributed by atoms with van der Waals surface area (Å²) in [5.41, 5.74) is 1.02. The van der Waals surface area contributed by atoms with Gasteiger partial charge in [0.05, 0.1) is 0 Å². The van der Waals surface area contributed by atoms with Crippen LogP contribution in [0.1, 0.15) is 63.4 Å². The normalized spacial score (nSPS) is 28.2. The van der Waals surface area contributed by atoms with Gasteiger partial charge >= 0.3 is 0 Å². The van der Waals surface area contributed by atoms with E-state index in [0.717, 1.165) is 61.8 Å². The number of anilines is 1. The third kappa shape index (κ3) is 3.58. The number of amides is 1. The highest BCUT2D eigenvalue weighted by molar-refractivity contribution is 5.77. The van der Waals surface area contributed by atoms with Crippen LogP contribution in [-0.2, 0) is 4.79 Å². The molecule has 1 saturated heterocycles. The monoisotopic (exact) mass is 356 g/mol. The van der Waals surface area contributed by atoms with Crippen LogP contribution in [-0.4, -0.2) is 47.0 Å². The first-order chi connectivity index (χ1) is 12.5. The van der Waals surface area contributed by atoms with Crippen molar-refractivity contribution in [2.24, 2.45) is 17.8 Å². The van der Waals surface area contributed by atoms with Crippen LogP contribution in [0.15, 0.2) is 6.07 Å². The van der Waals surface area contributed by atoms with Crippen LogP contribution in [0, 0.1) is 24.7 Å². The van der Waals surface area contributed by atoms with E-state index in [4.69, 9.17) is 4.98 Å². The zero-order valence-electron chi connectivity index (χ0n) is 16.4. The minimum absolute atomic E-state index is 0.332. The molecule has 2 aliphatic carbocycles. The zero-order chi connectivity index (χ0) is 18.3. The summed E-state index contributed by atoms with van der Waals surface area (Å²) in [5.74, 6) is 5.06. The van der Waals surface area contributed by atoms with Gasteiger partial charge < -0.3 is 9.80 Å². The van der Waals surface area contributed by atoms with Gasteiger partial charge in [-0.2, -0.15) is 0 Å². The van der Waals surface area contributed by atoms with Gasteiger partial charge in [-0.25, -0.2) is 9.97 Å². The summed E-state index contributed by atoms with van der Waals surface area (Å²) in [6, 6.07) is 2.07. The molecule has 2 saturated carbocycles. The lowest BCUT2D eigenvalue weighted by molar-refractivity contribution is -0.132. The van der Waals surface area contributed by atoms with Gasteiger partial charge in [0, 0.05) is 50.3 Å². The fourth-order valence-corrected chi connectivity index (χ4v) is 5.16. The van der Waals surface area contributed by atoms with E-state index in [1.165, 1.54) is 25.7 Å². The number of piperazine rings is 1. The van der Waals surface area contributed by atoms with Crippen molar-refractivity contribution in [1.82, 2.24) is 14.9 Å². The lowest BCUT2D eigenvalue weighted by Gasteiger charge is -2.36. The molecule has 0 spiro atoms. The molecule has 5 heteroatoms. The predicted octanol–water partition coefficient (Wildman–Crippen LogP) is 3.38. The maximum absolute atomic E-state index is 12.8. The number of fused-ring (bicyclic) bond motifs is 2. The van der Waals surface area contributed by atoms with E-state index in [1.807, 2.05) is 6.92 Å². The quantitative estimate of drug-likeness (QED) is 0.830. The summed E-state index contributed by atoms with van der Waals surface area (Å²) in [5, 5.41) is 0. The Balaban J connectivity index is 1.33. The van der Waals surface area contributed by atoms with Crippen molar-refractivity contribution < 1.29 is 4.79 Å². The molecule has 3 aliphatic rings. The molecule has 1 aliphatic heterocycles. The number of carbonyl (C=O) groups excluding carboxylic acids is 1. The van der Waals surface area contributed by atoms with Gasteiger partial charge in [-0.1, -0.05) is 20.3 Å². The average Bonchev–Trinajstić information content (AvgIpc) is 3.24. The first kappa shape index (κ1) is 17.7. The Morgan fingerprint density at radius 3 is 2.54 bits per heavy atom. The van der Waals surface area contributed by atoms with Crippen molar-refractivity contribution in [3.63, 3.8) is 0 Å². The van der Waals surface area contributed by atoms with E-state index in [2.05, 4.69) is 34.7 Å². The number of rotatable bonds is 4. The number of nitrogens with zero attached hydrogens (tertiary/aromatic N) is 4. The topological polar surface area (TPSA) is 49.3 Å². The van der Waals surface area contributed by atoms with E-state index in [1.54, 1.807) is 0 Å². The number of aryl methyl sites for hydroxylation is 1. The molecule has 3 unspecified atom stereocenters. The first-order valence-electron chi connectivity index (χ1n) is 10.4. The number of carbonyl (C=O) groups is 1. The van der Waals surface area contributed by atoms with Gasteiger partial charge in [0.15, 0.2) is 0 Å². The predicted molar refractivity (Wildman–Crippen MR) is 103 cm³/mol. The van der Waals surface area contributed by atoms with E-state index in [-0.39, 0.29) is 0 Å². The van der Waals surface area contributed by atoms with E-state index < -0.39 is 0 Å². The van der Waals surface area contributed by atoms with Crippen LogP contribution in [0.25, 0.3) is 0 Å². The summed E-state index contributed by atoms with van der Waals surface area (Å²) < 4.78 is 0. The van der Waals surface area contributed by atoms with Crippen LogP contribution in [0.3, 0.4) is 0 Å². The van der Waals surface area contributed by atoms with Crippen molar-refractivity contribution in [2.45, 2.75) is 58.8 Å². The third-order valence-electron chi connectivity index (χ3n) is 6.65. The van der Waals surface area contributed by atoms with Gasteiger partial charge in [-0.05, 0) is 43.9 Å². The molecule has 142 valence electrons. The summed E-state index contributed by atoms with van der Waals surface area (Å²) in [6.07, 6.45) is 6.24. The van der Waals surface area contributed by atoms with E-state index in [9.17, 15) is 4.79 Å². The minimum atomic E-state index is 0.332. The largest absolute Gasteiger partial charge is 0.353 e. The molecule has 2 heterocycles. The molecule has 0 N–H and O–H groups in total. The summed E-state index contributed by atoms with van der Waals surface area (Å²) in [4.78, 5) is 26.4. The Kier molecular flexibility index (Phi) is 4.89. The fraction of sp³-hybridized carbons (Fsp3) is 0.762. The number of aromatic nitrogens is 2. The van der Waals surface area contributed by atoms with Crippen molar-refractivity contribution in [3.8, 4) is 0 Å². The van der Waals surface area contributed by atoms with E-state index in [0.29, 0.717) is 17.7 Å². The molecule has 1 aromatic heterocycles. The van der Waals surface area contributed by atoms with Crippen molar-refractivity contribution in [2.75, 3.05) is 31.1 Å². The maximum Gasteiger partial charge on any atom is 0.222 e. The molecule has 2 bridgehead atoms. The van der Waals surface area contributed by atoms with Gasteiger partial charge in [0.1, 0.15) is 11.6 Å². The Morgan fingerprint density at radius 1 is 1.15 bits per heavy atom. The Hall–Kier alpha value is -1.65. The standard InChI is InChI=1S/C21H32N4O/c1-14(2)21-22-15(3)10-19(23-21)24-6-8-25(9-7-24)20(26)13-18-12-16-4-5-17(18)11-16/h10,14,16-18H,4-9,11-13H2,1-3H3. The molecule has 1 aromatic rings. The molecular weight excluding hydrogens is 324 g/mol. The second kappa shape index (κ2) is 7.16. The number of hydrogen-bond acceptors (Lipinski definition) is 4. The first-order valence-corrected chi connectivity index (χ1v) is 10.4. The van der Waals surface area contributed by atoms with Crippen LogP contribution in [0.2, 0.25) is 0 Å². The third-order valence-corrected chi connectivity index (χ3v) is 6.65. The molecule has 3 atom stereocenters. The van der Waals surface area contributed by atoms with Crippen LogP contribution >= 0.6 is 0 Å². The highest BCUT2D eigenvalue weighted by Gasteiger charge is 2.40. The van der Waals surface area contributed by atoms with E-state index >= 15 is 0 Å². The molecular formula is C21H32N4O. The summed E-state index contributed by atoms with van der Waals surface area (Å²) >= 11 is 0. The summed E-state index contributed by atoms with van der Waals surface area (Å²) in [6.45, 7) is 9.67. The molecule has 26 heavy (non-hydrogen) atoms. The average molecular weight is 357 g/mol. The molecule has 0 aromatic carbocycles. The van der Waals surface area contributed by atoms with Crippen LogP contribution in [0.5, 0.6) is 0 Å². The molecule has 5 nitrogen and oxygen atoms in total. The van der Waals surface area contributed by atoms with Crippen LogP contribution < -0.4 is 4.90 Å². The Bertz CT molecular complexity index is 666. The molecule has 1 amide bonds. The fourth-order valence-electron chi connectivity index (χ4n) is 5.16. The van der Waals surface area contributed by atoms with Crippen molar-refractivity contribution in [1.29, 1.82) is 0 Å². The van der Waals surface area contributed by atoms with Crippen molar-refractivity contribution >= 4 is 11.7 Å². The number of hydrogen-bond donors (Lipinski definition) is 0. The minimum Gasteiger partial charge on any atom is -0.353 e. The molecule has 3 fully saturated rings. The van der Waals surface area contributed by atoms with Crippen LogP contribution in [0.4, 0.5) is 5.82 Å². The Morgan fingerprint density at radius 2 is 1.92 bits per heavy atom. The lowest BCUT2D eigenvalue weighted by atomic mass is 9.86. The molecule has 0 radical (unpaired) electrons. The lowest BCUT2D eigenvalue weighted by Crippen LogP contribution is -2.49. The zero-order valence-corrected chi connectivity index (χ0v) is 16.4. The SMILES string of the molecule is Cc1cc(N2CCN(C(=O)CC3CC4CCC3C4)CC2)nc(C(C)C)n1. The smallest absolute Gasteiger partial charge is 0.222 e. The maximum atomic E-state index is 12.8. The Labute approximate surface area is 157 Å².